The average Bonchev–Trinajstić information content (AvgIpc) is 3.80. The van der Waals surface area contributed by atoms with Crippen LogP contribution in [0.2, 0.25) is 0 Å². The zero-order chi connectivity index (χ0) is 33.5. The van der Waals surface area contributed by atoms with E-state index in [0.29, 0.717) is 0 Å². The van der Waals surface area contributed by atoms with Gasteiger partial charge in [0.05, 0.1) is 10.9 Å². The third-order valence-corrected chi connectivity index (χ3v) is 11.7. The van der Waals surface area contributed by atoms with Crippen LogP contribution in [0, 0.1) is 0 Å². The van der Waals surface area contributed by atoms with Gasteiger partial charge < -0.3 is 4.57 Å². The molecule has 0 unspecified atom stereocenters. The minimum absolute atomic E-state index is 0.300. The van der Waals surface area contributed by atoms with Crippen molar-refractivity contribution in [3.05, 3.63) is 208 Å². The molecule has 0 saturated carbocycles. The van der Waals surface area contributed by atoms with E-state index in [1.807, 2.05) is 0 Å². The van der Waals surface area contributed by atoms with Crippen LogP contribution in [0.4, 0.5) is 0 Å². The molecule has 1 spiro atoms. The summed E-state index contributed by atoms with van der Waals surface area (Å²) in [5.74, 6) is 0. The number of benzene rings is 7. The Bertz CT molecular complexity index is 2750. The Labute approximate surface area is 298 Å². The quantitative estimate of drug-likeness (QED) is 0.179. The van der Waals surface area contributed by atoms with Crippen LogP contribution in [-0.4, -0.2) is 4.57 Å². The van der Waals surface area contributed by atoms with E-state index < -0.39 is 0 Å². The average molecular weight is 650 g/mol. The molecule has 51 heavy (non-hydrogen) atoms. The fourth-order valence-corrected chi connectivity index (χ4v) is 9.54. The number of aromatic nitrogens is 1. The van der Waals surface area contributed by atoms with Crippen LogP contribution in [0.1, 0.15) is 46.2 Å². The van der Waals surface area contributed by atoms with Gasteiger partial charge in [0.25, 0.3) is 0 Å². The highest BCUT2D eigenvalue weighted by Gasteiger charge is 2.51. The predicted molar refractivity (Wildman–Crippen MR) is 212 cm³/mol. The number of hydrogen-bond donors (Lipinski definition) is 0. The van der Waals surface area contributed by atoms with Crippen LogP contribution >= 0.6 is 0 Å². The molecule has 8 aromatic rings. The smallest absolute Gasteiger partial charge is 0.0725 e. The summed E-state index contributed by atoms with van der Waals surface area (Å²) in [5, 5.41) is 4.01. The van der Waals surface area contributed by atoms with Crippen molar-refractivity contribution in [3.8, 4) is 39.1 Å². The molecule has 0 N–H and O–H groups in total. The van der Waals surface area contributed by atoms with Gasteiger partial charge >= 0.3 is 0 Å². The predicted octanol–water partition coefficient (Wildman–Crippen LogP) is 10.6. The Hall–Kier alpha value is -6.18. The summed E-state index contributed by atoms with van der Waals surface area (Å²) in [6.45, 7) is 0. The molecule has 3 aliphatic rings. The topological polar surface area (TPSA) is 4.93 Å². The summed E-state index contributed by atoms with van der Waals surface area (Å²) >= 11 is 0. The van der Waals surface area contributed by atoms with Gasteiger partial charge in [-0.3, -0.25) is 0 Å². The van der Waals surface area contributed by atoms with Gasteiger partial charge in [0, 0.05) is 21.6 Å². The standard InChI is InChI=1S/C50H35N/c1-2-12-37(13-3-1)51-48-21-11-7-17-42(48)43-32-36(27-29-49(43)51)35-25-22-33(23-26-35)30-34-24-28-41-40-16-6-10-20-46(40)50(47(41)31-34)44-18-8-4-14-38(44)39-15-5-9-19-45(39)50/h1-6,8-10,12-29,31-32H,7,11,30H2. The molecule has 3 aliphatic carbocycles. The highest BCUT2D eigenvalue weighted by Crippen LogP contribution is 2.62. The van der Waals surface area contributed by atoms with Crippen molar-refractivity contribution in [2.45, 2.75) is 24.7 Å². The second kappa shape index (κ2) is 10.9. The van der Waals surface area contributed by atoms with Gasteiger partial charge in [-0.25, -0.2) is 0 Å². The lowest BCUT2D eigenvalue weighted by Crippen LogP contribution is -2.30. The van der Waals surface area contributed by atoms with E-state index in [-0.39, 0.29) is 5.41 Å². The first-order valence-electron chi connectivity index (χ1n) is 18.2. The molecule has 0 atom stereocenters. The molecule has 1 nitrogen and oxygen atoms in total. The Kier molecular flexibility index (Phi) is 6.13. The van der Waals surface area contributed by atoms with E-state index in [4.69, 9.17) is 0 Å². The van der Waals surface area contributed by atoms with Crippen molar-refractivity contribution in [1.82, 2.24) is 4.57 Å². The number of hydrogen-bond acceptors (Lipinski definition) is 0. The van der Waals surface area contributed by atoms with E-state index >= 15 is 0 Å². The van der Waals surface area contributed by atoms with Gasteiger partial charge in [-0.05, 0) is 110 Å². The van der Waals surface area contributed by atoms with Crippen LogP contribution in [0.3, 0.4) is 0 Å². The molecule has 7 aromatic carbocycles. The summed E-state index contributed by atoms with van der Waals surface area (Å²) in [4.78, 5) is 0. The van der Waals surface area contributed by atoms with E-state index in [1.54, 1.807) is 0 Å². The zero-order valence-corrected chi connectivity index (χ0v) is 28.3. The molecule has 0 fully saturated rings. The third kappa shape index (κ3) is 4.03. The fraction of sp³-hybridized carbons (Fsp3) is 0.0800. The maximum atomic E-state index is 2.50. The lowest BCUT2D eigenvalue weighted by Gasteiger charge is -2.30. The summed E-state index contributed by atoms with van der Waals surface area (Å²) in [6.07, 6.45) is 7.89. The summed E-state index contributed by atoms with van der Waals surface area (Å²) < 4.78 is 2.43. The molecule has 11 rings (SSSR count). The SMILES string of the molecule is C1=c2c(n(-c3ccccc3)c3ccc(-c4ccc(Cc5ccc6c(c5)C5(c7ccccc7-c7ccccc75)c5ccccc5-6)cc4)cc23)=CCC1. The first kappa shape index (κ1) is 28.6. The molecule has 0 saturated heterocycles. The highest BCUT2D eigenvalue weighted by atomic mass is 15.0. The van der Waals surface area contributed by atoms with Crippen LogP contribution in [0.5, 0.6) is 0 Å². The first-order valence-corrected chi connectivity index (χ1v) is 18.2. The zero-order valence-electron chi connectivity index (χ0n) is 28.3. The van der Waals surface area contributed by atoms with Crippen molar-refractivity contribution < 1.29 is 0 Å². The van der Waals surface area contributed by atoms with E-state index in [1.165, 1.54) is 93.9 Å². The van der Waals surface area contributed by atoms with Crippen LogP contribution in [0.15, 0.2) is 164 Å². The molecule has 0 amide bonds. The van der Waals surface area contributed by atoms with E-state index in [2.05, 4.69) is 181 Å². The van der Waals surface area contributed by atoms with Crippen LogP contribution < -0.4 is 10.6 Å². The molecule has 240 valence electrons. The molecule has 0 radical (unpaired) electrons. The second-order valence-electron chi connectivity index (χ2n) is 14.3. The van der Waals surface area contributed by atoms with Crippen molar-refractivity contribution in [3.63, 3.8) is 0 Å². The van der Waals surface area contributed by atoms with Gasteiger partial charge in [0.15, 0.2) is 0 Å². The van der Waals surface area contributed by atoms with Gasteiger partial charge in [-0.2, -0.15) is 0 Å². The third-order valence-electron chi connectivity index (χ3n) is 11.7. The lowest BCUT2D eigenvalue weighted by atomic mass is 9.70. The monoisotopic (exact) mass is 649 g/mol. The van der Waals surface area contributed by atoms with Gasteiger partial charge in [-0.1, -0.05) is 152 Å². The second-order valence-corrected chi connectivity index (χ2v) is 14.3. The van der Waals surface area contributed by atoms with Gasteiger partial charge in [0.1, 0.15) is 0 Å². The van der Waals surface area contributed by atoms with E-state index in [9.17, 15) is 0 Å². The van der Waals surface area contributed by atoms with Crippen molar-refractivity contribution in [2.24, 2.45) is 0 Å². The normalized spacial score (nSPS) is 14.3. The number of fused-ring (bicyclic) bond motifs is 13. The fourth-order valence-electron chi connectivity index (χ4n) is 9.54. The molecule has 1 heterocycles. The molecular formula is C50H35N. The molecular weight excluding hydrogens is 615 g/mol. The number of nitrogens with zero attached hydrogens (tertiary/aromatic N) is 1. The summed E-state index contributed by atoms with van der Waals surface area (Å²) in [7, 11) is 0. The summed E-state index contributed by atoms with van der Waals surface area (Å²) in [5.41, 5.74) is 18.4. The largest absolute Gasteiger partial charge is 0.310 e. The van der Waals surface area contributed by atoms with Crippen molar-refractivity contribution in [1.29, 1.82) is 0 Å². The highest BCUT2D eigenvalue weighted by molar-refractivity contribution is 5.95. The maximum absolute atomic E-state index is 2.50. The van der Waals surface area contributed by atoms with Crippen molar-refractivity contribution >= 4 is 23.1 Å². The molecule has 1 aromatic heterocycles. The Morgan fingerprint density at radius 2 is 1.02 bits per heavy atom. The van der Waals surface area contributed by atoms with Crippen LogP contribution in [-0.2, 0) is 11.8 Å². The lowest BCUT2D eigenvalue weighted by molar-refractivity contribution is 0.792. The van der Waals surface area contributed by atoms with Gasteiger partial charge in [0.2, 0.25) is 0 Å². The Morgan fingerprint density at radius 1 is 0.451 bits per heavy atom. The van der Waals surface area contributed by atoms with Gasteiger partial charge in [-0.15, -0.1) is 0 Å². The Balaban J connectivity index is 0.974. The minimum Gasteiger partial charge on any atom is -0.310 e. The van der Waals surface area contributed by atoms with Crippen LogP contribution in [0.25, 0.3) is 62.1 Å². The first-order chi connectivity index (χ1) is 25.3. The number of rotatable bonds is 4. The van der Waals surface area contributed by atoms with Crippen molar-refractivity contribution in [2.75, 3.05) is 0 Å². The van der Waals surface area contributed by atoms with E-state index in [0.717, 1.165) is 19.3 Å². The Morgan fingerprint density at radius 3 is 1.71 bits per heavy atom. The molecule has 0 bridgehead atoms. The number of para-hydroxylation sites is 1. The summed E-state index contributed by atoms with van der Waals surface area (Å²) in [6, 6.07) is 61.4. The molecule has 1 heteroatoms. The molecule has 0 aliphatic heterocycles. The minimum atomic E-state index is -0.300. The maximum Gasteiger partial charge on any atom is 0.0725 e.